The summed E-state index contributed by atoms with van der Waals surface area (Å²) in [7, 11) is 0. The minimum atomic E-state index is -4.49. The Balaban J connectivity index is 2.14. The quantitative estimate of drug-likeness (QED) is 0.855. The summed E-state index contributed by atoms with van der Waals surface area (Å²) in [5.41, 5.74) is -0.291. The molecule has 0 amide bonds. The summed E-state index contributed by atoms with van der Waals surface area (Å²) in [5, 5.41) is 12.5. The van der Waals surface area contributed by atoms with Gasteiger partial charge < -0.3 is 10.4 Å². The molecule has 1 aliphatic rings. The summed E-state index contributed by atoms with van der Waals surface area (Å²) in [6.07, 6.45) is -1.87. The van der Waals surface area contributed by atoms with Gasteiger partial charge >= 0.3 is 6.18 Å². The van der Waals surface area contributed by atoms with Crippen LogP contribution in [-0.2, 0) is 12.6 Å². The standard InChI is InChI=1S/C13H16F3NO/c14-13(15,16)11-8-10(1-2-12(11)18)7-9-3-5-17-6-4-9/h1-2,8-9,17-18H,3-7H2. The molecule has 0 bridgehead atoms. The highest BCUT2D eigenvalue weighted by Gasteiger charge is 2.34. The summed E-state index contributed by atoms with van der Waals surface area (Å²) < 4.78 is 37.9. The number of halogens is 3. The normalized spacial score (nSPS) is 17.9. The fourth-order valence-electron chi connectivity index (χ4n) is 2.36. The van der Waals surface area contributed by atoms with Crippen LogP contribution in [0.4, 0.5) is 13.2 Å². The lowest BCUT2D eigenvalue weighted by Crippen LogP contribution is -2.28. The molecule has 100 valence electrons. The van der Waals surface area contributed by atoms with E-state index in [1.165, 1.54) is 0 Å². The van der Waals surface area contributed by atoms with Gasteiger partial charge in [0.25, 0.3) is 0 Å². The van der Waals surface area contributed by atoms with Crippen molar-refractivity contribution >= 4 is 0 Å². The van der Waals surface area contributed by atoms with E-state index in [9.17, 15) is 18.3 Å². The highest BCUT2D eigenvalue weighted by molar-refractivity contribution is 5.38. The van der Waals surface area contributed by atoms with Crippen LogP contribution in [0.25, 0.3) is 0 Å². The zero-order valence-electron chi connectivity index (χ0n) is 9.93. The molecule has 1 aromatic carbocycles. The molecule has 0 aliphatic carbocycles. The molecule has 2 nitrogen and oxygen atoms in total. The molecule has 0 aromatic heterocycles. The van der Waals surface area contributed by atoms with E-state index >= 15 is 0 Å². The number of hydrogen-bond donors (Lipinski definition) is 2. The highest BCUT2D eigenvalue weighted by atomic mass is 19.4. The van der Waals surface area contributed by atoms with Crippen LogP contribution in [0, 0.1) is 5.92 Å². The van der Waals surface area contributed by atoms with Gasteiger partial charge in [0.2, 0.25) is 0 Å². The third-order valence-electron chi connectivity index (χ3n) is 3.35. The second kappa shape index (κ2) is 5.18. The fraction of sp³-hybridized carbons (Fsp3) is 0.538. The van der Waals surface area contributed by atoms with Crippen molar-refractivity contribution in [3.63, 3.8) is 0 Å². The second-order valence-corrected chi connectivity index (χ2v) is 4.75. The molecule has 0 radical (unpaired) electrons. The lowest BCUT2D eigenvalue weighted by molar-refractivity contribution is -0.138. The maximum Gasteiger partial charge on any atom is 0.419 e. The molecular formula is C13H16F3NO. The molecular weight excluding hydrogens is 243 g/mol. The maximum absolute atomic E-state index is 12.6. The van der Waals surface area contributed by atoms with Crippen molar-refractivity contribution in [2.75, 3.05) is 13.1 Å². The monoisotopic (exact) mass is 259 g/mol. The van der Waals surface area contributed by atoms with Crippen LogP contribution in [0.5, 0.6) is 5.75 Å². The minimum absolute atomic E-state index is 0.428. The number of phenolic OH excluding ortho intramolecular Hbond substituents is 1. The number of rotatable bonds is 2. The van der Waals surface area contributed by atoms with Gasteiger partial charge in [-0.2, -0.15) is 13.2 Å². The van der Waals surface area contributed by atoms with E-state index in [1.807, 2.05) is 0 Å². The third-order valence-corrected chi connectivity index (χ3v) is 3.35. The second-order valence-electron chi connectivity index (χ2n) is 4.75. The van der Waals surface area contributed by atoms with Gasteiger partial charge in [-0.3, -0.25) is 0 Å². The zero-order valence-corrected chi connectivity index (χ0v) is 9.93. The van der Waals surface area contributed by atoms with E-state index in [4.69, 9.17) is 0 Å². The molecule has 1 aromatic rings. The Kier molecular flexibility index (Phi) is 3.80. The van der Waals surface area contributed by atoms with Gasteiger partial charge in [0.15, 0.2) is 0 Å². The average Bonchev–Trinajstić information content (AvgIpc) is 2.31. The first kappa shape index (κ1) is 13.2. The van der Waals surface area contributed by atoms with E-state index in [0.717, 1.165) is 38.1 Å². The summed E-state index contributed by atoms with van der Waals surface area (Å²) in [6, 6.07) is 3.78. The van der Waals surface area contributed by atoms with Gasteiger partial charge in [0, 0.05) is 0 Å². The Labute approximate surface area is 104 Å². The highest BCUT2D eigenvalue weighted by Crippen LogP contribution is 2.36. The van der Waals surface area contributed by atoms with Crippen molar-refractivity contribution < 1.29 is 18.3 Å². The maximum atomic E-state index is 12.6. The van der Waals surface area contributed by atoms with Crippen LogP contribution >= 0.6 is 0 Å². The molecule has 0 spiro atoms. The Morgan fingerprint density at radius 1 is 1.22 bits per heavy atom. The largest absolute Gasteiger partial charge is 0.507 e. The predicted molar refractivity (Wildman–Crippen MR) is 62.4 cm³/mol. The van der Waals surface area contributed by atoms with Crippen molar-refractivity contribution in [1.82, 2.24) is 5.32 Å². The minimum Gasteiger partial charge on any atom is -0.507 e. The van der Waals surface area contributed by atoms with Crippen LogP contribution in [0.15, 0.2) is 18.2 Å². The molecule has 5 heteroatoms. The van der Waals surface area contributed by atoms with Crippen molar-refractivity contribution in [1.29, 1.82) is 0 Å². The first-order valence-electron chi connectivity index (χ1n) is 6.06. The van der Waals surface area contributed by atoms with Crippen LogP contribution in [0.3, 0.4) is 0 Å². The van der Waals surface area contributed by atoms with E-state index in [1.54, 1.807) is 6.07 Å². The van der Waals surface area contributed by atoms with E-state index in [0.29, 0.717) is 17.9 Å². The number of piperidine rings is 1. The van der Waals surface area contributed by atoms with Crippen LogP contribution in [0.2, 0.25) is 0 Å². The van der Waals surface area contributed by atoms with Gasteiger partial charge in [0.05, 0.1) is 5.56 Å². The Morgan fingerprint density at radius 2 is 1.89 bits per heavy atom. The first-order chi connectivity index (χ1) is 8.47. The Bertz CT molecular complexity index is 411. The summed E-state index contributed by atoms with van der Waals surface area (Å²) in [4.78, 5) is 0. The topological polar surface area (TPSA) is 32.3 Å². The average molecular weight is 259 g/mol. The van der Waals surface area contributed by atoms with E-state index < -0.39 is 17.5 Å². The third kappa shape index (κ3) is 3.16. The molecule has 1 aliphatic heterocycles. The molecule has 0 saturated carbocycles. The number of phenols is 1. The smallest absolute Gasteiger partial charge is 0.419 e. The van der Waals surface area contributed by atoms with Crippen molar-refractivity contribution in [2.45, 2.75) is 25.4 Å². The van der Waals surface area contributed by atoms with Crippen LogP contribution in [0.1, 0.15) is 24.0 Å². The number of benzene rings is 1. The predicted octanol–water partition coefficient (Wildman–Crippen LogP) is 2.95. The molecule has 0 atom stereocenters. The molecule has 1 fully saturated rings. The van der Waals surface area contributed by atoms with Gasteiger partial charge in [-0.05, 0) is 56.0 Å². The van der Waals surface area contributed by atoms with Gasteiger partial charge in [-0.25, -0.2) is 0 Å². The Morgan fingerprint density at radius 3 is 2.50 bits per heavy atom. The number of nitrogens with one attached hydrogen (secondary N) is 1. The number of aromatic hydroxyl groups is 1. The van der Waals surface area contributed by atoms with Crippen LogP contribution in [-0.4, -0.2) is 18.2 Å². The number of hydrogen-bond acceptors (Lipinski definition) is 2. The lowest BCUT2D eigenvalue weighted by Gasteiger charge is -2.23. The molecule has 1 saturated heterocycles. The summed E-state index contributed by atoms with van der Waals surface area (Å²) in [6.45, 7) is 1.85. The van der Waals surface area contributed by atoms with Gasteiger partial charge in [-0.1, -0.05) is 6.07 Å². The van der Waals surface area contributed by atoms with E-state index in [-0.39, 0.29) is 0 Å². The first-order valence-corrected chi connectivity index (χ1v) is 6.06. The van der Waals surface area contributed by atoms with Gasteiger partial charge in [0.1, 0.15) is 5.75 Å². The molecule has 18 heavy (non-hydrogen) atoms. The zero-order chi connectivity index (χ0) is 13.2. The Hall–Kier alpha value is -1.23. The van der Waals surface area contributed by atoms with E-state index in [2.05, 4.69) is 5.32 Å². The molecule has 1 heterocycles. The van der Waals surface area contributed by atoms with Crippen molar-refractivity contribution in [3.8, 4) is 5.75 Å². The lowest BCUT2D eigenvalue weighted by atomic mass is 9.90. The molecule has 2 rings (SSSR count). The summed E-state index contributed by atoms with van der Waals surface area (Å²) in [5.74, 6) is -0.270. The summed E-state index contributed by atoms with van der Waals surface area (Å²) >= 11 is 0. The SMILES string of the molecule is Oc1ccc(CC2CCNCC2)cc1C(F)(F)F. The van der Waals surface area contributed by atoms with Crippen LogP contribution < -0.4 is 5.32 Å². The fourth-order valence-corrected chi connectivity index (χ4v) is 2.36. The molecule has 2 N–H and O–H groups in total. The molecule has 0 unspecified atom stereocenters. The van der Waals surface area contributed by atoms with Crippen molar-refractivity contribution in [3.05, 3.63) is 29.3 Å². The van der Waals surface area contributed by atoms with Crippen molar-refractivity contribution in [2.24, 2.45) is 5.92 Å². The number of alkyl halides is 3. The van der Waals surface area contributed by atoms with Gasteiger partial charge in [-0.15, -0.1) is 0 Å².